The molecule has 2 N–H and O–H groups in total. The van der Waals surface area contributed by atoms with Gasteiger partial charge in [-0.3, -0.25) is 4.98 Å². The largest absolute Gasteiger partial charge is 0.444 e. The van der Waals surface area contributed by atoms with Gasteiger partial charge in [-0.05, 0) is 32.4 Å². The number of hydrogen-bond acceptors (Lipinski definition) is 5. The highest BCUT2D eigenvalue weighted by Crippen LogP contribution is 2.16. The van der Waals surface area contributed by atoms with Crippen molar-refractivity contribution in [1.29, 1.82) is 0 Å². The predicted octanol–water partition coefficient (Wildman–Crippen LogP) is 1.15. The van der Waals surface area contributed by atoms with Crippen LogP contribution in [-0.2, 0) is 11.3 Å². The molecule has 2 heterocycles. The van der Waals surface area contributed by atoms with E-state index in [0.29, 0.717) is 19.6 Å². The number of carbonyl (C=O) groups excluding carboxylic acids is 1. The molecular weight excluding hydrogens is 270 g/mol. The molecule has 1 aliphatic rings. The molecule has 1 aliphatic heterocycles. The number of β-amino-alcohol motifs (C(OH)–C–C–N with tert-alkyl or cyclic N) is 1. The molecular formula is C15H23N3O3. The second-order valence-corrected chi connectivity index (χ2v) is 6.30. The van der Waals surface area contributed by atoms with Crippen LogP contribution >= 0.6 is 0 Å². The zero-order valence-corrected chi connectivity index (χ0v) is 12.7. The van der Waals surface area contributed by atoms with Crippen LogP contribution in [0.25, 0.3) is 0 Å². The first-order valence-electron chi connectivity index (χ1n) is 7.13. The van der Waals surface area contributed by atoms with Crippen LogP contribution in [0.4, 0.5) is 4.79 Å². The van der Waals surface area contributed by atoms with Gasteiger partial charge in [-0.25, -0.2) is 4.79 Å². The van der Waals surface area contributed by atoms with Crippen LogP contribution in [0.3, 0.4) is 0 Å². The summed E-state index contributed by atoms with van der Waals surface area (Å²) in [6.07, 6.45) is 2.53. The Morgan fingerprint density at radius 3 is 2.90 bits per heavy atom. The van der Waals surface area contributed by atoms with E-state index >= 15 is 0 Å². The van der Waals surface area contributed by atoms with Crippen LogP contribution in [-0.4, -0.2) is 51.9 Å². The summed E-state index contributed by atoms with van der Waals surface area (Å²) in [5.41, 5.74) is 0.518. The number of likely N-dealkylation sites (tertiary alicyclic amines) is 1. The van der Waals surface area contributed by atoms with Crippen molar-refractivity contribution < 1.29 is 14.6 Å². The van der Waals surface area contributed by atoms with Gasteiger partial charge in [0, 0.05) is 25.5 Å². The fourth-order valence-electron chi connectivity index (χ4n) is 2.21. The summed E-state index contributed by atoms with van der Waals surface area (Å²) in [5, 5.41) is 13.3. The number of ether oxygens (including phenoxy) is 1. The van der Waals surface area contributed by atoms with Crippen LogP contribution in [0, 0.1) is 0 Å². The van der Waals surface area contributed by atoms with E-state index in [1.807, 2.05) is 32.9 Å². The molecule has 1 fully saturated rings. The predicted molar refractivity (Wildman–Crippen MR) is 78.7 cm³/mol. The average molecular weight is 293 g/mol. The third kappa shape index (κ3) is 4.68. The van der Waals surface area contributed by atoms with Crippen molar-refractivity contribution in [3.63, 3.8) is 0 Å². The minimum atomic E-state index is -0.589. The Balaban J connectivity index is 1.85. The Labute approximate surface area is 125 Å². The average Bonchev–Trinajstić information content (AvgIpc) is 2.77. The molecule has 6 heteroatoms. The van der Waals surface area contributed by atoms with Crippen LogP contribution in [0.15, 0.2) is 24.5 Å². The van der Waals surface area contributed by atoms with E-state index in [9.17, 15) is 9.90 Å². The maximum atomic E-state index is 12.0. The molecule has 0 aromatic carbocycles. The van der Waals surface area contributed by atoms with Gasteiger partial charge >= 0.3 is 6.09 Å². The fraction of sp³-hybridized carbons (Fsp3) is 0.600. The number of carbonyl (C=O) groups is 1. The van der Waals surface area contributed by atoms with Gasteiger partial charge in [0.25, 0.3) is 0 Å². The van der Waals surface area contributed by atoms with Crippen molar-refractivity contribution in [2.24, 2.45) is 0 Å². The Morgan fingerprint density at radius 1 is 1.52 bits per heavy atom. The Kier molecular flexibility index (Phi) is 4.80. The Hall–Kier alpha value is -1.66. The number of pyridine rings is 1. The van der Waals surface area contributed by atoms with Crippen LogP contribution in [0.1, 0.15) is 26.3 Å². The highest BCUT2D eigenvalue weighted by Gasteiger charge is 2.35. The van der Waals surface area contributed by atoms with Gasteiger partial charge in [-0.15, -0.1) is 0 Å². The lowest BCUT2D eigenvalue weighted by atomic mass is 10.2. The minimum Gasteiger partial charge on any atom is -0.444 e. The SMILES string of the molecule is CC(C)(C)OC(=O)N1C[C@@H](O)[C@H](NCc2cccnc2)C1. The number of aromatic nitrogens is 1. The van der Waals surface area contributed by atoms with Gasteiger partial charge in [0.2, 0.25) is 0 Å². The van der Waals surface area contributed by atoms with E-state index < -0.39 is 11.7 Å². The smallest absolute Gasteiger partial charge is 0.410 e. The summed E-state index contributed by atoms with van der Waals surface area (Å²) in [6, 6.07) is 3.68. The monoisotopic (exact) mass is 293 g/mol. The molecule has 0 bridgehead atoms. The summed E-state index contributed by atoms with van der Waals surface area (Å²) in [4.78, 5) is 17.6. The van der Waals surface area contributed by atoms with Crippen molar-refractivity contribution >= 4 is 6.09 Å². The summed E-state index contributed by atoms with van der Waals surface area (Å²) >= 11 is 0. The van der Waals surface area contributed by atoms with E-state index in [0.717, 1.165) is 5.56 Å². The number of nitrogens with zero attached hydrogens (tertiary/aromatic N) is 2. The molecule has 116 valence electrons. The van der Waals surface area contributed by atoms with Crippen molar-refractivity contribution in [2.75, 3.05) is 13.1 Å². The molecule has 1 aromatic heterocycles. The van der Waals surface area contributed by atoms with Gasteiger partial charge in [0.1, 0.15) is 5.60 Å². The quantitative estimate of drug-likeness (QED) is 0.874. The number of aliphatic hydroxyl groups is 1. The lowest BCUT2D eigenvalue weighted by molar-refractivity contribution is 0.0270. The van der Waals surface area contributed by atoms with Gasteiger partial charge in [-0.1, -0.05) is 6.07 Å². The first kappa shape index (κ1) is 15.7. The second-order valence-electron chi connectivity index (χ2n) is 6.30. The number of amides is 1. The highest BCUT2D eigenvalue weighted by atomic mass is 16.6. The van der Waals surface area contributed by atoms with E-state index in [2.05, 4.69) is 10.3 Å². The highest BCUT2D eigenvalue weighted by molar-refractivity contribution is 5.68. The number of nitrogens with one attached hydrogen (secondary N) is 1. The zero-order valence-electron chi connectivity index (χ0n) is 12.7. The van der Waals surface area contributed by atoms with Gasteiger partial charge in [0.05, 0.1) is 18.7 Å². The molecule has 21 heavy (non-hydrogen) atoms. The first-order chi connectivity index (χ1) is 9.85. The molecule has 1 amide bonds. The summed E-state index contributed by atoms with van der Waals surface area (Å²) in [6.45, 7) is 6.83. The summed E-state index contributed by atoms with van der Waals surface area (Å²) in [7, 11) is 0. The van der Waals surface area contributed by atoms with Crippen molar-refractivity contribution in [2.45, 2.75) is 45.1 Å². The first-order valence-corrected chi connectivity index (χ1v) is 7.13. The molecule has 0 saturated carbocycles. The minimum absolute atomic E-state index is 0.155. The molecule has 0 unspecified atom stereocenters. The van der Waals surface area contributed by atoms with E-state index in [1.54, 1.807) is 12.4 Å². The molecule has 6 nitrogen and oxygen atoms in total. The number of hydrogen-bond donors (Lipinski definition) is 2. The maximum absolute atomic E-state index is 12.0. The van der Waals surface area contributed by atoms with E-state index in [1.165, 1.54) is 4.90 Å². The third-order valence-corrected chi connectivity index (χ3v) is 3.23. The van der Waals surface area contributed by atoms with Gasteiger partial charge in [-0.2, -0.15) is 0 Å². The maximum Gasteiger partial charge on any atom is 0.410 e. The van der Waals surface area contributed by atoms with Crippen molar-refractivity contribution in [3.05, 3.63) is 30.1 Å². The topological polar surface area (TPSA) is 74.7 Å². The van der Waals surface area contributed by atoms with Gasteiger partial charge in [0.15, 0.2) is 0 Å². The van der Waals surface area contributed by atoms with E-state index in [4.69, 9.17) is 4.74 Å². The lowest BCUT2D eigenvalue weighted by Gasteiger charge is -2.24. The third-order valence-electron chi connectivity index (χ3n) is 3.23. The Morgan fingerprint density at radius 2 is 2.29 bits per heavy atom. The molecule has 1 saturated heterocycles. The van der Waals surface area contributed by atoms with Crippen LogP contribution < -0.4 is 5.32 Å². The standard InChI is InChI=1S/C15H23N3O3/c1-15(2,3)21-14(20)18-9-12(13(19)10-18)17-8-11-5-4-6-16-7-11/h4-7,12-13,17,19H,8-10H2,1-3H3/t12-,13-/m1/s1. The number of rotatable bonds is 3. The fourth-order valence-corrected chi connectivity index (χ4v) is 2.21. The lowest BCUT2D eigenvalue weighted by Crippen LogP contribution is -2.39. The van der Waals surface area contributed by atoms with Crippen LogP contribution in [0.5, 0.6) is 0 Å². The summed E-state index contributed by atoms with van der Waals surface area (Å²) < 4.78 is 5.32. The van der Waals surface area contributed by atoms with Gasteiger partial charge < -0.3 is 20.1 Å². The molecule has 2 rings (SSSR count). The zero-order chi connectivity index (χ0) is 15.5. The summed E-state index contributed by atoms with van der Waals surface area (Å²) in [5.74, 6) is 0. The molecule has 0 spiro atoms. The molecule has 2 atom stereocenters. The molecule has 0 radical (unpaired) electrons. The van der Waals surface area contributed by atoms with E-state index in [-0.39, 0.29) is 12.1 Å². The Bertz CT molecular complexity index is 473. The number of aliphatic hydroxyl groups excluding tert-OH is 1. The van der Waals surface area contributed by atoms with Crippen molar-refractivity contribution in [3.8, 4) is 0 Å². The van der Waals surface area contributed by atoms with Crippen molar-refractivity contribution in [1.82, 2.24) is 15.2 Å². The van der Waals surface area contributed by atoms with Crippen LogP contribution in [0.2, 0.25) is 0 Å². The normalized spacial score (nSPS) is 22.4. The molecule has 0 aliphatic carbocycles. The second kappa shape index (κ2) is 6.41. The molecule has 1 aromatic rings.